The molecule has 2 heterocycles. The van der Waals surface area contributed by atoms with Gasteiger partial charge in [-0.05, 0) is 25.0 Å². The van der Waals surface area contributed by atoms with E-state index in [0.717, 1.165) is 0 Å². The second-order valence-electron chi connectivity index (χ2n) is 5.47. The molecule has 124 valence electrons. The van der Waals surface area contributed by atoms with Gasteiger partial charge in [-0.15, -0.1) is 10.2 Å². The van der Waals surface area contributed by atoms with Gasteiger partial charge in [-0.3, -0.25) is 19.3 Å². The predicted octanol–water partition coefficient (Wildman–Crippen LogP) is 0.453. The molecule has 1 atom stereocenters. The summed E-state index contributed by atoms with van der Waals surface area (Å²) < 4.78 is 0. The predicted molar refractivity (Wildman–Crippen MR) is 81.8 cm³/mol. The number of benzene rings is 1. The summed E-state index contributed by atoms with van der Waals surface area (Å²) in [6.07, 6.45) is 0.984. The molecular weight excluding hydrogens is 312 g/mol. The molecule has 0 spiro atoms. The Kier molecular flexibility index (Phi) is 4.32. The second kappa shape index (κ2) is 6.57. The van der Waals surface area contributed by atoms with Crippen LogP contribution in [0.2, 0.25) is 0 Å². The average molecular weight is 328 g/mol. The van der Waals surface area contributed by atoms with E-state index in [-0.39, 0.29) is 24.3 Å². The van der Waals surface area contributed by atoms with Gasteiger partial charge in [0.2, 0.25) is 5.91 Å². The van der Waals surface area contributed by atoms with Crippen LogP contribution in [0.4, 0.5) is 0 Å². The van der Waals surface area contributed by atoms with E-state index in [1.165, 1.54) is 11.8 Å². The van der Waals surface area contributed by atoms with E-state index >= 15 is 0 Å². The third kappa shape index (κ3) is 3.00. The zero-order valence-corrected chi connectivity index (χ0v) is 13.0. The van der Waals surface area contributed by atoms with Crippen molar-refractivity contribution >= 4 is 17.7 Å². The molecule has 0 saturated heterocycles. The molecule has 1 unspecified atom stereocenters. The number of hydrogen-bond donors (Lipinski definition) is 2. The van der Waals surface area contributed by atoms with Gasteiger partial charge < -0.3 is 5.32 Å². The van der Waals surface area contributed by atoms with Crippen molar-refractivity contribution in [2.75, 3.05) is 6.54 Å². The molecule has 1 aliphatic rings. The molecule has 0 radical (unpaired) electrons. The molecule has 9 nitrogen and oxygen atoms in total. The summed E-state index contributed by atoms with van der Waals surface area (Å²) in [5.41, 5.74) is 0.859. The minimum atomic E-state index is -0.420. The van der Waals surface area contributed by atoms with E-state index in [2.05, 4.69) is 25.9 Å². The fourth-order valence-corrected chi connectivity index (χ4v) is 2.72. The molecule has 0 saturated carbocycles. The van der Waals surface area contributed by atoms with Crippen molar-refractivity contribution in [3.05, 3.63) is 41.2 Å². The molecule has 1 aliphatic heterocycles. The number of aromatic nitrogens is 4. The lowest BCUT2D eigenvalue weighted by molar-refractivity contribution is -0.119. The van der Waals surface area contributed by atoms with Crippen molar-refractivity contribution in [1.82, 2.24) is 30.8 Å². The number of carbonyl (C=O) groups is 3. The number of rotatable bonds is 6. The zero-order chi connectivity index (χ0) is 17.1. The van der Waals surface area contributed by atoms with E-state index < -0.39 is 6.04 Å². The van der Waals surface area contributed by atoms with E-state index in [1.54, 1.807) is 24.3 Å². The zero-order valence-electron chi connectivity index (χ0n) is 13.0. The highest BCUT2D eigenvalue weighted by atomic mass is 16.2. The van der Waals surface area contributed by atoms with Crippen molar-refractivity contribution in [2.24, 2.45) is 0 Å². The highest BCUT2D eigenvalue weighted by molar-refractivity contribution is 6.21. The van der Waals surface area contributed by atoms with Crippen LogP contribution in [0.5, 0.6) is 0 Å². The van der Waals surface area contributed by atoms with Crippen LogP contribution >= 0.6 is 0 Å². The lowest BCUT2D eigenvalue weighted by Gasteiger charge is -2.17. The maximum Gasteiger partial charge on any atom is 0.261 e. The van der Waals surface area contributed by atoms with Gasteiger partial charge >= 0.3 is 0 Å². The molecule has 1 aromatic heterocycles. The second-order valence-corrected chi connectivity index (χ2v) is 5.47. The topological polar surface area (TPSA) is 121 Å². The number of H-pyrrole nitrogens is 1. The van der Waals surface area contributed by atoms with Gasteiger partial charge in [0, 0.05) is 13.5 Å². The Balaban J connectivity index is 1.63. The van der Waals surface area contributed by atoms with Crippen LogP contribution in [0, 0.1) is 0 Å². The SMILES string of the molecule is CC(=O)NC(CCCN1C(=O)c2ccccc2C1=O)c1nn[nH]n1. The monoisotopic (exact) mass is 328 g/mol. The Hall–Kier alpha value is -3.10. The minimum Gasteiger partial charge on any atom is -0.346 e. The largest absolute Gasteiger partial charge is 0.346 e. The molecule has 9 heteroatoms. The van der Waals surface area contributed by atoms with E-state index in [4.69, 9.17) is 0 Å². The molecule has 2 N–H and O–H groups in total. The van der Waals surface area contributed by atoms with Gasteiger partial charge in [0.25, 0.3) is 11.8 Å². The van der Waals surface area contributed by atoms with Gasteiger partial charge in [-0.2, -0.15) is 5.21 Å². The number of nitrogens with zero attached hydrogens (tertiary/aromatic N) is 4. The average Bonchev–Trinajstić information content (AvgIpc) is 3.17. The summed E-state index contributed by atoms with van der Waals surface area (Å²) in [6, 6.07) is 6.34. The Labute approximate surface area is 137 Å². The Morgan fingerprint density at radius 2 is 1.92 bits per heavy atom. The first kappa shape index (κ1) is 15.8. The number of aromatic amines is 1. The smallest absolute Gasteiger partial charge is 0.261 e. The summed E-state index contributed by atoms with van der Waals surface area (Å²) >= 11 is 0. The lowest BCUT2D eigenvalue weighted by Crippen LogP contribution is -2.32. The molecule has 0 fully saturated rings. The molecule has 24 heavy (non-hydrogen) atoms. The van der Waals surface area contributed by atoms with Gasteiger partial charge in [0.1, 0.15) is 0 Å². The normalized spacial score (nSPS) is 14.6. The van der Waals surface area contributed by atoms with Crippen molar-refractivity contribution in [3.63, 3.8) is 0 Å². The Morgan fingerprint density at radius 3 is 2.46 bits per heavy atom. The molecule has 0 bridgehead atoms. The summed E-state index contributed by atoms with van der Waals surface area (Å²) in [5, 5.41) is 16.3. The minimum absolute atomic E-state index is 0.217. The van der Waals surface area contributed by atoms with E-state index in [0.29, 0.717) is 29.8 Å². The number of nitrogens with one attached hydrogen (secondary N) is 2. The summed E-state index contributed by atoms with van der Waals surface area (Å²) in [6.45, 7) is 1.66. The summed E-state index contributed by atoms with van der Waals surface area (Å²) in [5.74, 6) is -0.421. The van der Waals surface area contributed by atoms with Gasteiger partial charge in [-0.1, -0.05) is 17.3 Å². The standard InChI is InChI=1S/C15H16N6O3/c1-9(22)16-12(13-17-19-20-18-13)7-4-8-21-14(23)10-5-2-3-6-11(10)15(21)24/h2-3,5-6,12H,4,7-8H2,1H3,(H,16,22)(H,17,18,19,20). The first-order valence-electron chi connectivity index (χ1n) is 7.53. The lowest BCUT2D eigenvalue weighted by atomic mass is 10.1. The maximum atomic E-state index is 12.3. The number of fused-ring (bicyclic) bond motifs is 1. The first-order chi connectivity index (χ1) is 11.6. The number of amides is 3. The van der Waals surface area contributed by atoms with Crippen LogP contribution < -0.4 is 5.32 Å². The fraction of sp³-hybridized carbons (Fsp3) is 0.333. The van der Waals surface area contributed by atoms with Crippen LogP contribution in [0.3, 0.4) is 0 Å². The third-order valence-corrected chi connectivity index (χ3v) is 3.80. The number of imide groups is 1. The van der Waals surface area contributed by atoms with Crippen molar-refractivity contribution in [3.8, 4) is 0 Å². The van der Waals surface area contributed by atoms with E-state index in [1.807, 2.05) is 0 Å². The van der Waals surface area contributed by atoms with Gasteiger partial charge in [0.15, 0.2) is 5.82 Å². The fourth-order valence-electron chi connectivity index (χ4n) is 2.72. The first-order valence-corrected chi connectivity index (χ1v) is 7.53. The van der Waals surface area contributed by atoms with Crippen LogP contribution in [0.15, 0.2) is 24.3 Å². The molecule has 1 aromatic carbocycles. The molecule has 2 aromatic rings. The highest BCUT2D eigenvalue weighted by Gasteiger charge is 2.34. The molecule has 3 amide bonds. The Morgan fingerprint density at radius 1 is 1.25 bits per heavy atom. The van der Waals surface area contributed by atoms with E-state index in [9.17, 15) is 14.4 Å². The highest BCUT2D eigenvalue weighted by Crippen LogP contribution is 2.23. The van der Waals surface area contributed by atoms with Crippen LogP contribution in [0.25, 0.3) is 0 Å². The van der Waals surface area contributed by atoms with Gasteiger partial charge in [0.05, 0.1) is 17.2 Å². The Bertz CT molecular complexity index is 738. The summed E-state index contributed by atoms with van der Waals surface area (Å²) in [4.78, 5) is 37.1. The number of carbonyl (C=O) groups excluding carboxylic acids is 3. The third-order valence-electron chi connectivity index (χ3n) is 3.80. The molecule has 0 aliphatic carbocycles. The van der Waals surface area contributed by atoms with Crippen LogP contribution in [-0.4, -0.2) is 49.8 Å². The number of hydrogen-bond acceptors (Lipinski definition) is 6. The molecular formula is C15H16N6O3. The van der Waals surface area contributed by atoms with Crippen LogP contribution in [-0.2, 0) is 4.79 Å². The van der Waals surface area contributed by atoms with Crippen molar-refractivity contribution < 1.29 is 14.4 Å². The van der Waals surface area contributed by atoms with Crippen molar-refractivity contribution in [2.45, 2.75) is 25.8 Å². The number of tetrazole rings is 1. The summed E-state index contributed by atoms with van der Waals surface area (Å²) in [7, 11) is 0. The van der Waals surface area contributed by atoms with Gasteiger partial charge in [-0.25, -0.2) is 0 Å². The maximum absolute atomic E-state index is 12.3. The van der Waals surface area contributed by atoms with Crippen molar-refractivity contribution in [1.29, 1.82) is 0 Å². The quantitative estimate of drug-likeness (QED) is 0.743. The van der Waals surface area contributed by atoms with Crippen LogP contribution in [0.1, 0.15) is 52.3 Å². The molecule has 3 rings (SSSR count).